The second kappa shape index (κ2) is 4.76. The maximum atomic E-state index is 3.65. The summed E-state index contributed by atoms with van der Waals surface area (Å²) in [6.45, 7) is 5.83. The fourth-order valence-corrected chi connectivity index (χ4v) is 1.13. The van der Waals surface area contributed by atoms with Gasteiger partial charge in [0.05, 0.1) is 0 Å². The predicted octanol–water partition coefficient (Wildman–Crippen LogP) is 3.18. The first kappa shape index (κ1) is 9.05. The van der Waals surface area contributed by atoms with Crippen molar-refractivity contribution in [2.24, 2.45) is 0 Å². The summed E-state index contributed by atoms with van der Waals surface area (Å²) in [4.78, 5) is 0. The van der Waals surface area contributed by atoms with E-state index in [1.54, 1.807) is 0 Å². The van der Waals surface area contributed by atoms with Crippen molar-refractivity contribution in [2.45, 2.75) is 19.8 Å². The molecule has 1 rings (SSSR count). The van der Waals surface area contributed by atoms with Gasteiger partial charge in [0.2, 0.25) is 0 Å². The molecule has 0 amide bonds. The summed E-state index contributed by atoms with van der Waals surface area (Å²) in [5.74, 6) is 0. The van der Waals surface area contributed by atoms with Gasteiger partial charge in [-0.15, -0.1) is 0 Å². The standard InChI is InChI=1S/C12H15/c1-3-5-6-12-9-7-11(4-2)8-10-12/h3,5,7-10H,1,4,6H2,2H3. The maximum Gasteiger partial charge on any atom is -0.00975 e. The Balaban J connectivity index is 2.64. The topological polar surface area (TPSA) is 0 Å². The Morgan fingerprint density at radius 1 is 1.17 bits per heavy atom. The van der Waals surface area contributed by atoms with Crippen molar-refractivity contribution >= 4 is 0 Å². The lowest BCUT2D eigenvalue weighted by Crippen LogP contribution is -1.83. The van der Waals surface area contributed by atoms with E-state index in [0.717, 1.165) is 12.8 Å². The summed E-state index contributed by atoms with van der Waals surface area (Å²) >= 11 is 0. The molecule has 0 unspecified atom stereocenters. The Labute approximate surface area is 74.9 Å². The van der Waals surface area contributed by atoms with Gasteiger partial charge in [-0.05, 0) is 30.9 Å². The van der Waals surface area contributed by atoms with Crippen molar-refractivity contribution in [1.82, 2.24) is 0 Å². The van der Waals surface area contributed by atoms with Gasteiger partial charge in [-0.3, -0.25) is 0 Å². The number of hydrogen-bond acceptors (Lipinski definition) is 0. The van der Waals surface area contributed by atoms with Crippen molar-refractivity contribution in [3.63, 3.8) is 0 Å². The van der Waals surface area contributed by atoms with Gasteiger partial charge in [0.15, 0.2) is 0 Å². The van der Waals surface area contributed by atoms with E-state index in [2.05, 4.69) is 44.2 Å². The quantitative estimate of drug-likeness (QED) is 0.635. The largest absolute Gasteiger partial charge is 0.0879 e. The van der Waals surface area contributed by atoms with E-state index < -0.39 is 0 Å². The van der Waals surface area contributed by atoms with Crippen LogP contribution in [0.4, 0.5) is 0 Å². The van der Waals surface area contributed by atoms with Gasteiger partial charge in [0.1, 0.15) is 0 Å². The minimum Gasteiger partial charge on any atom is -0.0879 e. The molecular formula is C12H15. The van der Waals surface area contributed by atoms with E-state index in [4.69, 9.17) is 0 Å². The van der Waals surface area contributed by atoms with E-state index in [9.17, 15) is 0 Å². The third-order valence-electron chi connectivity index (χ3n) is 1.95. The smallest absolute Gasteiger partial charge is 0.00975 e. The zero-order valence-corrected chi connectivity index (χ0v) is 7.59. The van der Waals surface area contributed by atoms with Crippen molar-refractivity contribution in [1.29, 1.82) is 0 Å². The fourth-order valence-electron chi connectivity index (χ4n) is 1.13. The average molecular weight is 159 g/mol. The summed E-state index contributed by atoms with van der Waals surface area (Å²) in [7, 11) is 0. The highest BCUT2D eigenvalue weighted by atomic mass is 14.0. The van der Waals surface area contributed by atoms with E-state index in [-0.39, 0.29) is 0 Å². The normalized spacial score (nSPS) is 10.8. The first-order valence-electron chi connectivity index (χ1n) is 4.39. The van der Waals surface area contributed by atoms with Gasteiger partial charge in [0.25, 0.3) is 0 Å². The highest BCUT2D eigenvalue weighted by Crippen LogP contribution is 2.05. The van der Waals surface area contributed by atoms with Crippen molar-refractivity contribution in [3.05, 3.63) is 54.5 Å². The molecule has 1 aromatic carbocycles. The summed E-state index contributed by atoms with van der Waals surface area (Å²) in [6.07, 6.45) is 6.02. The zero-order chi connectivity index (χ0) is 8.81. The van der Waals surface area contributed by atoms with Gasteiger partial charge < -0.3 is 0 Å². The monoisotopic (exact) mass is 159 g/mol. The molecule has 0 saturated heterocycles. The molecule has 0 saturated carbocycles. The average Bonchev–Trinajstić information content (AvgIpc) is 2.15. The molecule has 0 aliphatic carbocycles. The lowest BCUT2D eigenvalue weighted by Gasteiger charge is -1.98. The highest BCUT2D eigenvalue weighted by molar-refractivity contribution is 5.24. The third kappa shape index (κ3) is 2.54. The van der Waals surface area contributed by atoms with Crippen LogP contribution in [0.15, 0.2) is 36.4 Å². The first-order chi connectivity index (χ1) is 5.86. The summed E-state index contributed by atoms with van der Waals surface area (Å²) in [6, 6.07) is 8.73. The summed E-state index contributed by atoms with van der Waals surface area (Å²) in [5, 5.41) is 0. The minimum atomic E-state index is 0.994. The molecule has 12 heavy (non-hydrogen) atoms. The predicted molar refractivity (Wildman–Crippen MR) is 54.0 cm³/mol. The van der Waals surface area contributed by atoms with Gasteiger partial charge >= 0.3 is 0 Å². The lowest BCUT2D eigenvalue weighted by atomic mass is 10.1. The van der Waals surface area contributed by atoms with Crippen molar-refractivity contribution in [3.8, 4) is 0 Å². The summed E-state index contributed by atoms with van der Waals surface area (Å²) in [5.41, 5.74) is 2.75. The molecule has 0 nitrogen and oxygen atoms in total. The molecule has 0 heteroatoms. The Morgan fingerprint density at radius 2 is 1.75 bits per heavy atom. The molecule has 0 N–H and O–H groups in total. The number of benzene rings is 1. The molecule has 0 atom stereocenters. The molecule has 0 bridgehead atoms. The van der Waals surface area contributed by atoms with Crippen LogP contribution in [-0.2, 0) is 12.8 Å². The number of rotatable bonds is 3. The molecule has 0 fully saturated rings. The molecule has 0 aliphatic heterocycles. The Kier molecular flexibility index (Phi) is 3.59. The van der Waals surface area contributed by atoms with Crippen molar-refractivity contribution in [2.75, 3.05) is 0 Å². The van der Waals surface area contributed by atoms with Gasteiger partial charge in [-0.25, -0.2) is 0 Å². The molecule has 1 aromatic rings. The van der Waals surface area contributed by atoms with E-state index in [0.29, 0.717) is 0 Å². The van der Waals surface area contributed by atoms with Crippen LogP contribution >= 0.6 is 0 Å². The Bertz CT molecular complexity index is 241. The SMILES string of the molecule is [CH2]C=CCc1ccc(CC)cc1. The van der Waals surface area contributed by atoms with Gasteiger partial charge in [-0.2, -0.15) is 0 Å². The van der Waals surface area contributed by atoms with Crippen LogP contribution in [0, 0.1) is 6.92 Å². The maximum absolute atomic E-state index is 3.65. The van der Waals surface area contributed by atoms with Crippen LogP contribution in [0.25, 0.3) is 0 Å². The number of allylic oxidation sites excluding steroid dienone is 2. The molecule has 0 aromatic heterocycles. The number of aryl methyl sites for hydroxylation is 1. The Hall–Kier alpha value is -1.04. The van der Waals surface area contributed by atoms with Gasteiger partial charge in [-0.1, -0.05) is 43.3 Å². The molecule has 63 valence electrons. The molecule has 1 radical (unpaired) electrons. The van der Waals surface area contributed by atoms with Crippen LogP contribution in [0.2, 0.25) is 0 Å². The third-order valence-corrected chi connectivity index (χ3v) is 1.95. The highest BCUT2D eigenvalue weighted by Gasteiger charge is 1.89. The van der Waals surface area contributed by atoms with Crippen molar-refractivity contribution < 1.29 is 0 Å². The van der Waals surface area contributed by atoms with Crippen LogP contribution in [-0.4, -0.2) is 0 Å². The first-order valence-corrected chi connectivity index (χ1v) is 4.39. The van der Waals surface area contributed by atoms with Crippen LogP contribution in [0.5, 0.6) is 0 Å². The second-order valence-electron chi connectivity index (χ2n) is 2.85. The molecule has 0 heterocycles. The van der Waals surface area contributed by atoms with E-state index >= 15 is 0 Å². The summed E-state index contributed by atoms with van der Waals surface area (Å²) < 4.78 is 0. The zero-order valence-electron chi connectivity index (χ0n) is 7.59. The number of hydrogen-bond donors (Lipinski definition) is 0. The van der Waals surface area contributed by atoms with Crippen LogP contribution in [0.1, 0.15) is 18.1 Å². The van der Waals surface area contributed by atoms with E-state index in [1.165, 1.54) is 11.1 Å². The Morgan fingerprint density at radius 3 is 2.25 bits per heavy atom. The lowest BCUT2D eigenvalue weighted by molar-refractivity contribution is 1.13. The molecule has 0 spiro atoms. The fraction of sp³-hybridized carbons (Fsp3) is 0.250. The van der Waals surface area contributed by atoms with E-state index in [1.807, 2.05) is 6.08 Å². The second-order valence-corrected chi connectivity index (χ2v) is 2.85. The van der Waals surface area contributed by atoms with Crippen LogP contribution < -0.4 is 0 Å². The molecular weight excluding hydrogens is 144 g/mol. The van der Waals surface area contributed by atoms with Gasteiger partial charge in [0, 0.05) is 0 Å². The minimum absolute atomic E-state index is 0.994. The van der Waals surface area contributed by atoms with Crippen LogP contribution in [0.3, 0.4) is 0 Å². The molecule has 0 aliphatic rings.